The van der Waals surface area contributed by atoms with Crippen LogP contribution in [0.25, 0.3) is 0 Å². The van der Waals surface area contributed by atoms with Crippen LogP contribution >= 0.6 is 0 Å². The van der Waals surface area contributed by atoms with Gasteiger partial charge in [0.1, 0.15) is 5.82 Å². The van der Waals surface area contributed by atoms with Gasteiger partial charge in [-0.05, 0) is 38.0 Å². The molecule has 1 saturated carbocycles. The highest BCUT2D eigenvalue weighted by atomic mass is 19.4. The van der Waals surface area contributed by atoms with Crippen molar-refractivity contribution < 1.29 is 18.0 Å². The number of anilines is 2. The van der Waals surface area contributed by atoms with Gasteiger partial charge in [0.2, 0.25) is 0 Å². The Morgan fingerprint density at radius 1 is 1.21 bits per heavy atom. The molecule has 7 nitrogen and oxygen atoms in total. The second-order valence-electron chi connectivity index (χ2n) is 8.93. The molecule has 5 rings (SSSR count). The van der Waals surface area contributed by atoms with Crippen LogP contribution in [0.5, 0.6) is 0 Å². The van der Waals surface area contributed by atoms with Crippen molar-refractivity contribution in [2.75, 3.05) is 5.32 Å². The molecule has 1 aliphatic carbocycles. The molecule has 1 aromatic carbocycles. The first-order chi connectivity index (χ1) is 15.6. The second-order valence-corrected chi connectivity index (χ2v) is 8.93. The maximum atomic E-state index is 13.1. The number of rotatable bonds is 4. The molecule has 3 heterocycles. The summed E-state index contributed by atoms with van der Waals surface area (Å²) in [5, 5.41) is 13.1. The SMILES string of the molecule is CC1(C)c2[nH]nc(Nc3cc(C(F)(F)F)ccn3)c2CN1C(=O)N[C@H]1C[C@@H]1c1ccccc1. The standard InChI is InChI=1S/C23H23F3N6O/c1-22(2)19-16(20(31-30-19)29-18-10-14(8-9-27-18)23(24,25)26)12-32(22)21(33)28-17-11-15(17)13-6-4-3-5-7-13/h3-10,15,17H,11-12H2,1-2H3,(H,28,33)(H2,27,29,30,31)/t15-,17+/m1/s1. The highest BCUT2D eigenvalue weighted by molar-refractivity contribution is 5.78. The van der Waals surface area contributed by atoms with Crippen molar-refractivity contribution >= 4 is 17.7 Å². The summed E-state index contributed by atoms with van der Waals surface area (Å²) in [6, 6.07) is 11.8. The van der Waals surface area contributed by atoms with Gasteiger partial charge in [-0.2, -0.15) is 18.3 Å². The minimum Gasteiger partial charge on any atom is -0.335 e. The molecule has 10 heteroatoms. The number of urea groups is 1. The van der Waals surface area contributed by atoms with E-state index in [1.165, 1.54) is 5.56 Å². The van der Waals surface area contributed by atoms with Crippen LogP contribution in [-0.4, -0.2) is 32.2 Å². The van der Waals surface area contributed by atoms with E-state index in [1.54, 1.807) is 4.90 Å². The number of H-pyrrole nitrogens is 1. The second kappa shape index (κ2) is 7.50. The largest absolute Gasteiger partial charge is 0.416 e. The quantitative estimate of drug-likeness (QED) is 0.522. The number of hydrogen-bond acceptors (Lipinski definition) is 4. The third-order valence-electron chi connectivity index (χ3n) is 6.38. The van der Waals surface area contributed by atoms with E-state index < -0.39 is 17.3 Å². The molecular formula is C23H23F3N6O. The lowest BCUT2D eigenvalue weighted by Crippen LogP contribution is -2.47. The molecule has 1 aliphatic heterocycles. The normalized spacial score (nSPS) is 20.9. The van der Waals surface area contributed by atoms with Crippen LogP contribution < -0.4 is 10.6 Å². The highest BCUT2D eigenvalue weighted by Gasteiger charge is 2.46. The predicted molar refractivity (Wildman–Crippen MR) is 116 cm³/mol. The Morgan fingerprint density at radius 3 is 2.70 bits per heavy atom. The van der Waals surface area contributed by atoms with Crippen molar-refractivity contribution in [3.8, 4) is 0 Å². The maximum absolute atomic E-state index is 13.1. The van der Waals surface area contributed by atoms with E-state index in [4.69, 9.17) is 0 Å². The fourth-order valence-electron chi connectivity index (χ4n) is 4.40. The van der Waals surface area contributed by atoms with Gasteiger partial charge in [0, 0.05) is 23.7 Å². The molecule has 2 aromatic heterocycles. The minimum absolute atomic E-state index is 0.0310. The molecule has 0 unspecified atom stereocenters. The lowest BCUT2D eigenvalue weighted by atomic mass is 10.0. The molecular weight excluding hydrogens is 433 g/mol. The number of nitrogens with one attached hydrogen (secondary N) is 3. The van der Waals surface area contributed by atoms with Crippen molar-refractivity contribution in [3.05, 3.63) is 71.0 Å². The summed E-state index contributed by atoms with van der Waals surface area (Å²) >= 11 is 0. The van der Waals surface area contributed by atoms with E-state index in [0.29, 0.717) is 11.7 Å². The molecule has 2 atom stereocenters. The molecule has 3 aromatic rings. The van der Waals surface area contributed by atoms with Crippen LogP contribution in [0, 0.1) is 0 Å². The zero-order valence-electron chi connectivity index (χ0n) is 18.1. The summed E-state index contributed by atoms with van der Waals surface area (Å²) < 4.78 is 39.1. The number of pyridine rings is 1. The van der Waals surface area contributed by atoms with E-state index >= 15 is 0 Å². The Bertz CT molecular complexity index is 1190. The van der Waals surface area contributed by atoms with Crippen LogP contribution in [0.3, 0.4) is 0 Å². The number of aromatic amines is 1. The fourth-order valence-corrected chi connectivity index (χ4v) is 4.40. The van der Waals surface area contributed by atoms with Crippen molar-refractivity contribution in [1.82, 2.24) is 25.4 Å². The average molecular weight is 456 g/mol. The Labute approximate surface area is 188 Å². The first-order valence-electron chi connectivity index (χ1n) is 10.7. The summed E-state index contributed by atoms with van der Waals surface area (Å²) in [6.45, 7) is 4.09. The number of hydrogen-bond donors (Lipinski definition) is 3. The number of carbonyl (C=O) groups is 1. The van der Waals surface area contributed by atoms with Gasteiger partial charge in [0.15, 0.2) is 5.82 Å². The van der Waals surface area contributed by atoms with Gasteiger partial charge in [0.05, 0.1) is 23.3 Å². The number of alkyl halides is 3. The summed E-state index contributed by atoms with van der Waals surface area (Å²) in [5.74, 6) is 0.696. The summed E-state index contributed by atoms with van der Waals surface area (Å²) in [4.78, 5) is 18.8. The van der Waals surface area contributed by atoms with Gasteiger partial charge >= 0.3 is 12.2 Å². The monoisotopic (exact) mass is 456 g/mol. The first-order valence-corrected chi connectivity index (χ1v) is 10.7. The van der Waals surface area contributed by atoms with Gasteiger partial charge in [-0.1, -0.05) is 30.3 Å². The maximum Gasteiger partial charge on any atom is 0.416 e. The summed E-state index contributed by atoms with van der Waals surface area (Å²) in [5.41, 5.74) is 1.21. The van der Waals surface area contributed by atoms with Crippen molar-refractivity contribution in [1.29, 1.82) is 0 Å². The third kappa shape index (κ3) is 3.90. The van der Waals surface area contributed by atoms with Crippen molar-refractivity contribution in [2.24, 2.45) is 0 Å². The Kier molecular flexibility index (Phi) is 4.84. The molecule has 0 saturated heterocycles. The fraction of sp³-hybridized carbons (Fsp3) is 0.348. The zero-order chi connectivity index (χ0) is 23.4. The van der Waals surface area contributed by atoms with Gasteiger partial charge in [-0.25, -0.2) is 9.78 Å². The third-order valence-corrected chi connectivity index (χ3v) is 6.38. The summed E-state index contributed by atoms with van der Waals surface area (Å²) in [6.07, 6.45) is -2.48. The van der Waals surface area contributed by atoms with E-state index in [0.717, 1.165) is 36.0 Å². The van der Waals surface area contributed by atoms with Crippen LogP contribution in [0.4, 0.5) is 29.6 Å². The molecule has 0 bridgehead atoms. The van der Waals surface area contributed by atoms with Gasteiger partial charge in [-0.15, -0.1) is 0 Å². The molecule has 0 spiro atoms. The topological polar surface area (TPSA) is 85.9 Å². The zero-order valence-corrected chi connectivity index (χ0v) is 18.1. The minimum atomic E-state index is -4.47. The number of aromatic nitrogens is 3. The Morgan fingerprint density at radius 2 is 1.97 bits per heavy atom. The number of carbonyl (C=O) groups excluding carboxylic acids is 1. The number of halogens is 3. The summed E-state index contributed by atoms with van der Waals surface area (Å²) in [7, 11) is 0. The lowest BCUT2D eigenvalue weighted by Gasteiger charge is -2.32. The van der Waals surface area contributed by atoms with E-state index in [2.05, 4.69) is 37.9 Å². The molecule has 2 amide bonds. The number of benzene rings is 1. The molecule has 33 heavy (non-hydrogen) atoms. The lowest BCUT2D eigenvalue weighted by molar-refractivity contribution is -0.137. The Hall–Kier alpha value is -3.56. The van der Waals surface area contributed by atoms with E-state index in [-0.39, 0.29) is 24.4 Å². The number of fused-ring (bicyclic) bond motifs is 1. The van der Waals surface area contributed by atoms with Gasteiger partial charge in [-0.3, -0.25) is 5.10 Å². The van der Waals surface area contributed by atoms with Crippen molar-refractivity contribution in [2.45, 2.75) is 50.5 Å². The smallest absolute Gasteiger partial charge is 0.335 e. The molecule has 2 aliphatic rings. The van der Waals surface area contributed by atoms with E-state index in [9.17, 15) is 18.0 Å². The van der Waals surface area contributed by atoms with Crippen molar-refractivity contribution in [3.63, 3.8) is 0 Å². The highest BCUT2D eigenvalue weighted by Crippen LogP contribution is 2.44. The molecule has 3 N–H and O–H groups in total. The van der Waals surface area contributed by atoms with Crippen LogP contribution in [0.15, 0.2) is 48.7 Å². The molecule has 172 valence electrons. The predicted octanol–water partition coefficient (Wildman–Crippen LogP) is 4.88. The van der Waals surface area contributed by atoms with Crippen LogP contribution in [-0.2, 0) is 18.3 Å². The molecule has 1 fully saturated rings. The Balaban J connectivity index is 1.30. The first kappa shape index (κ1) is 21.3. The van der Waals surface area contributed by atoms with Crippen LogP contribution in [0.1, 0.15) is 48.6 Å². The average Bonchev–Trinajstić information content (AvgIpc) is 3.33. The number of nitrogens with zero attached hydrogens (tertiary/aromatic N) is 3. The van der Waals surface area contributed by atoms with E-state index in [1.807, 2.05) is 32.0 Å². The number of amides is 2. The molecule has 0 radical (unpaired) electrons. The van der Waals surface area contributed by atoms with Crippen LogP contribution in [0.2, 0.25) is 0 Å². The van der Waals surface area contributed by atoms with Gasteiger partial charge < -0.3 is 15.5 Å². The van der Waals surface area contributed by atoms with Gasteiger partial charge in [0.25, 0.3) is 0 Å².